The minimum absolute atomic E-state index is 0.106. The van der Waals surface area contributed by atoms with Gasteiger partial charge in [-0.2, -0.15) is 0 Å². The number of hydrogen-bond donors (Lipinski definition) is 1. The van der Waals surface area contributed by atoms with Crippen LogP contribution in [0.3, 0.4) is 0 Å². The van der Waals surface area contributed by atoms with Crippen molar-refractivity contribution in [2.24, 2.45) is 11.8 Å². The van der Waals surface area contributed by atoms with Crippen LogP contribution >= 0.6 is 0 Å². The molecule has 76 valence electrons. The fourth-order valence-electron chi connectivity index (χ4n) is 2.55. The lowest BCUT2D eigenvalue weighted by atomic mass is 10.1. The van der Waals surface area contributed by atoms with Crippen molar-refractivity contribution in [1.82, 2.24) is 0 Å². The summed E-state index contributed by atoms with van der Waals surface area (Å²) in [5.41, 5.74) is 0. The quantitative estimate of drug-likeness (QED) is 0.667. The van der Waals surface area contributed by atoms with E-state index in [1.807, 2.05) is 13.8 Å². The Kier molecular flexibility index (Phi) is 2.13. The zero-order valence-electron chi connectivity index (χ0n) is 8.49. The van der Waals surface area contributed by atoms with E-state index >= 15 is 0 Å². The summed E-state index contributed by atoms with van der Waals surface area (Å²) in [6.07, 6.45) is 1.31. The van der Waals surface area contributed by atoms with Crippen LogP contribution in [0.15, 0.2) is 0 Å². The molecule has 0 bridgehead atoms. The number of fused-ring (bicyclic) bond motifs is 1. The molecule has 3 nitrogen and oxygen atoms in total. The topological polar surface area (TPSA) is 38.7 Å². The second-order valence-electron chi connectivity index (χ2n) is 4.72. The summed E-state index contributed by atoms with van der Waals surface area (Å²) in [5, 5.41) is 9.17. The van der Waals surface area contributed by atoms with Gasteiger partial charge in [0.2, 0.25) is 0 Å². The summed E-state index contributed by atoms with van der Waals surface area (Å²) in [5.74, 6) is 0.308. The van der Waals surface area contributed by atoms with Crippen molar-refractivity contribution in [3.63, 3.8) is 0 Å². The molecule has 0 aromatic heterocycles. The van der Waals surface area contributed by atoms with Crippen molar-refractivity contribution in [2.75, 3.05) is 6.61 Å². The van der Waals surface area contributed by atoms with Crippen LogP contribution in [0.25, 0.3) is 0 Å². The molecule has 0 aromatic rings. The van der Waals surface area contributed by atoms with E-state index in [0.717, 1.165) is 6.42 Å². The fraction of sp³-hybridized carbons (Fsp3) is 1.00. The Morgan fingerprint density at radius 1 is 1.31 bits per heavy atom. The molecule has 2 fully saturated rings. The molecule has 2 aliphatic rings. The standard InChI is InChI=1S/C10H18O3/c1-6-4-7(5-11)9-8(6)12-10(2,3)13-9/h6-9,11H,4-5H2,1-3H3/t6-,7-,8?,9?/m1/s1. The second-order valence-corrected chi connectivity index (χ2v) is 4.72. The Balaban J connectivity index is 2.12. The molecule has 0 aromatic carbocycles. The van der Waals surface area contributed by atoms with Gasteiger partial charge in [0.1, 0.15) is 0 Å². The first-order valence-corrected chi connectivity index (χ1v) is 5.00. The maximum absolute atomic E-state index is 9.17. The Hall–Kier alpha value is -0.120. The van der Waals surface area contributed by atoms with Crippen LogP contribution in [0.1, 0.15) is 27.2 Å². The van der Waals surface area contributed by atoms with E-state index in [-0.39, 0.29) is 24.7 Å². The minimum atomic E-state index is -0.461. The number of rotatable bonds is 1. The zero-order valence-corrected chi connectivity index (χ0v) is 8.49. The van der Waals surface area contributed by atoms with Gasteiger partial charge in [0.15, 0.2) is 5.79 Å². The van der Waals surface area contributed by atoms with E-state index in [2.05, 4.69) is 6.92 Å². The Morgan fingerprint density at radius 3 is 2.54 bits per heavy atom. The largest absolute Gasteiger partial charge is 0.396 e. The van der Waals surface area contributed by atoms with Crippen molar-refractivity contribution in [3.05, 3.63) is 0 Å². The third-order valence-corrected chi connectivity index (χ3v) is 3.10. The van der Waals surface area contributed by atoms with Gasteiger partial charge in [-0.25, -0.2) is 0 Å². The van der Waals surface area contributed by atoms with Crippen molar-refractivity contribution in [3.8, 4) is 0 Å². The van der Waals surface area contributed by atoms with Crippen molar-refractivity contribution < 1.29 is 14.6 Å². The minimum Gasteiger partial charge on any atom is -0.396 e. The van der Waals surface area contributed by atoms with Gasteiger partial charge >= 0.3 is 0 Å². The van der Waals surface area contributed by atoms with Gasteiger partial charge in [0.05, 0.1) is 12.2 Å². The second kappa shape index (κ2) is 2.94. The van der Waals surface area contributed by atoms with Crippen LogP contribution < -0.4 is 0 Å². The number of aliphatic hydroxyl groups is 1. The van der Waals surface area contributed by atoms with Crippen molar-refractivity contribution in [2.45, 2.75) is 45.2 Å². The highest BCUT2D eigenvalue weighted by Gasteiger charge is 2.51. The molecule has 1 saturated heterocycles. The van der Waals surface area contributed by atoms with E-state index in [1.165, 1.54) is 0 Å². The molecule has 3 heteroatoms. The van der Waals surface area contributed by atoms with Gasteiger partial charge < -0.3 is 14.6 Å². The van der Waals surface area contributed by atoms with Gasteiger partial charge in [-0.05, 0) is 26.2 Å². The Labute approximate surface area is 79.0 Å². The number of hydrogen-bond acceptors (Lipinski definition) is 3. The lowest BCUT2D eigenvalue weighted by molar-refractivity contribution is -0.162. The Bertz CT molecular complexity index is 202. The first kappa shape index (κ1) is 9.44. The average molecular weight is 186 g/mol. The molecular formula is C10H18O3. The van der Waals surface area contributed by atoms with E-state index < -0.39 is 5.79 Å². The predicted octanol–water partition coefficient (Wildman–Crippen LogP) is 1.15. The molecular weight excluding hydrogens is 168 g/mol. The summed E-state index contributed by atoms with van der Waals surface area (Å²) < 4.78 is 11.5. The van der Waals surface area contributed by atoms with Gasteiger partial charge in [-0.1, -0.05) is 6.92 Å². The molecule has 2 unspecified atom stereocenters. The normalized spacial score (nSPS) is 48.0. The maximum Gasteiger partial charge on any atom is 0.163 e. The van der Waals surface area contributed by atoms with Gasteiger partial charge in [0, 0.05) is 12.5 Å². The van der Waals surface area contributed by atoms with Crippen LogP contribution in [0.2, 0.25) is 0 Å². The third-order valence-electron chi connectivity index (χ3n) is 3.10. The Morgan fingerprint density at radius 2 is 1.92 bits per heavy atom. The lowest BCUT2D eigenvalue weighted by Gasteiger charge is -2.21. The molecule has 13 heavy (non-hydrogen) atoms. The average Bonchev–Trinajstić information content (AvgIpc) is 2.47. The summed E-state index contributed by atoms with van der Waals surface area (Å²) in [4.78, 5) is 0. The maximum atomic E-state index is 9.17. The van der Waals surface area contributed by atoms with Crippen LogP contribution in [-0.4, -0.2) is 29.7 Å². The SMILES string of the molecule is C[C@@H]1C[C@H](CO)C2OC(C)(C)OC21. The zero-order chi connectivity index (χ0) is 9.64. The van der Waals surface area contributed by atoms with E-state index in [0.29, 0.717) is 5.92 Å². The molecule has 0 amide bonds. The molecule has 1 aliphatic heterocycles. The molecule has 0 radical (unpaired) electrons. The molecule has 1 N–H and O–H groups in total. The first-order valence-electron chi connectivity index (χ1n) is 5.00. The summed E-state index contributed by atoms with van der Waals surface area (Å²) >= 11 is 0. The van der Waals surface area contributed by atoms with Crippen LogP contribution in [-0.2, 0) is 9.47 Å². The van der Waals surface area contributed by atoms with Crippen molar-refractivity contribution >= 4 is 0 Å². The lowest BCUT2D eigenvalue weighted by Crippen LogP contribution is -2.26. The third kappa shape index (κ3) is 1.49. The van der Waals surface area contributed by atoms with Gasteiger partial charge in [0.25, 0.3) is 0 Å². The molecule has 1 aliphatic carbocycles. The van der Waals surface area contributed by atoms with Crippen LogP contribution in [0, 0.1) is 11.8 Å². The molecule has 4 atom stereocenters. The fourth-order valence-corrected chi connectivity index (χ4v) is 2.55. The van der Waals surface area contributed by atoms with Gasteiger partial charge in [-0.15, -0.1) is 0 Å². The predicted molar refractivity (Wildman–Crippen MR) is 48.2 cm³/mol. The summed E-state index contributed by atoms with van der Waals surface area (Å²) in [6, 6.07) is 0. The molecule has 1 saturated carbocycles. The first-order chi connectivity index (χ1) is 6.03. The van der Waals surface area contributed by atoms with Crippen LogP contribution in [0.4, 0.5) is 0 Å². The molecule has 1 heterocycles. The van der Waals surface area contributed by atoms with E-state index in [9.17, 15) is 0 Å². The van der Waals surface area contributed by atoms with E-state index in [1.54, 1.807) is 0 Å². The highest BCUT2D eigenvalue weighted by Crippen LogP contribution is 2.44. The number of aliphatic hydroxyl groups excluding tert-OH is 1. The van der Waals surface area contributed by atoms with Crippen LogP contribution in [0.5, 0.6) is 0 Å². The van der Waals surface area contributed by atoms with Gasteiger partial charge in [-0.3, -0.25) is 0 Å². The highest BCUT2D eigenvalue weighted by atomic mass is 16.8. The summed E-state index contributed by atoms with van der Waals surface area (Å²) in [6.45, 7) is 6.25. The monoisotopic (exact) mass is 186 g/mol. The number of ether oxygens (including phenoxy) is 2. The molecule has 0 spiro atoms. The summed E-state index contributed by atoms with van der Waals surface area (Å²) in [7, 11) is 0. The molecule has 2 rings (SSSR count). The smallest absolute Gasteiger partial charge is 0.163 e. The van der Waals surface area contributed by atoms with Crippen molar-refractivity contribution in [1.29, 1.82) is 0 Å². The highest BCUT2D eigenvalue weighted by molar-refractivity contribution is 4.96. The van der Waals surface area contributed by atoms with E-state index in [4.69, 9.17) is 14.6 Å².